The van der Waals surface area contributed by atoms with Crippen molar-refractivity contribution >= 4 is 5.82 Å². The molecule has 1 saturated carbocycles. The fraction of sp³-hybridized carbons (Fsp3) is 0.438. The molecule has 3 nitrogen and oxygen atoms in total. The molecule has 1 fully saturated rings. The van der Waals surface area contributed by atoms with E-state index in [9.17, 15) is 4.39 Å². The van der Waals surface area contributed by atoms with Crippen LogP contribution in [0.2, 0.25) is 0 Å². The molecule has 2 heterocycles. The molecule has 0 amide bonds. The lowest BCUT2D eigenvalue weighted by Crippen LogP contribution is -2.07. The van der Waals surface area contributed by atoms with Crippen molar-refractivity contribution in [3.05, 3.63) is 41.3 Å². The number of nitrogens with one attached hydrogen (secondary N) is 1. The molecular weight excluding hydrogens is 253 g/mol. The molecule has 2 aliphatic rings. The van der Waals surface area contributed by atoms with Gasteiger partial charge in [0.25, 0.3) is 0 Å². The van der Waals surface area contributed by atoms with E-state index in [1.807, 2.05) is 6.07 Å². The monoisotopic (exact) mass is 271 g/mol. The van der Waals surface area contributed by atoms with E-state index in [2.05, 4.69) is 5.32 Å². The molecule has 0 unspecified atom stereocenters. The van der Waals surface area contributed by atoms with Gasteiger partial charge in [-0.2, -0.15) is 5.10 Å². The first-order valence-corrected chi connectivity index (χ1v) is 7.45. The lowest BCUT2D eigenvalue weighted by atomic mass is 9.99. The van der Waals surface area contributed by atoms with Gasteiger partial charge in [0.05, 0.1) is 5.69 Å². The third kappa shape index (κ3) is 1.74. The molecule has 2 aromatic rings. The summed E-state index contributed by atoms with van der Waals surface area (Å²) in [6.07, 6.45) is 6.04. The molecule has 4 rings (SSSR count). The van der Waals surface area contributed by atoms with Gasteiger partial charge >= 0.3 is 0 Å². The number of benzene rings is 1. The van der Waals surface area contributed by atoms with Crippen LogP contribution in [0.4, 0.5) is 10.2 Å². The van der Waals surface area contributed by atoms with Crippen LogP contribution in [0.3, 0.4) is 0 Å². The van der Waals surface area contributed by atoms with Gasteiger partial charge in [0.1, 0.15) is 17.3 Å². The van der Waals surface area contributed by atoms with E-state index in [1.54, 1.807) is 16.8 Å². The molecule has 1 aliphatic heterocycles. The number of hydrogen-bond donors (Lipinski definition) is 1. The van der Waals surface area contributed by atoms with E-state index >= 15 is 0 Å². The van der Waals surface area contributed by atoms with Gasteiger partial charge < -0.3 is 5.32 Å². The number of para-hydroxylation sites is 1. The van der Waals surface area contributed by atoms with Crippen LogP contribution in [0, 0.1) is 5.82 Å². The summed E-state index contributed by atoms with van der Waals surface area (Å²) in [5, 5.41) is 8.13. The molecule has 1 aromatic carbocycles. The maximum atomic E-state index is 14.0. The van der Waals surface area contributed by atoms with Gasteiger partial charge in [-0.25, -0.2) is 9.07 Å². The Labute approximate surface area is 117 Å². The third-order valence-corrected chi connectivity index (χ3v) is 4.50. The predicted molar refractivity (Wildman–Crippen MR) is 76.9 cm³/mol. The molecule has 1 aromatic heterocycles. The van der Waals surface area contributed by atoms with Crippen LogP contribution in [-0.4, -0.2) is 16.3 Å². The van der Waals surface area contributed by atoms with Crippen LogP contribution in [0.1, 0.15) is 42.9 Å². The molecule has 0 spiro atoms. The maximum absolute atomic E-state index is 14.0. The summed E-state index contributed by atoms with van der Waals surface area (Å²) in [5.41, 5.74) is 3.05. The first kappa shape index (κ1) is 11.9. The molecular formula is C16H18FN3. The van der Waals surface area contributed by atoms with Gasteiger partial charge in [0, 0.05) is 18.0 Å². The zero-order valence-electron chi connectivity index (χ0n) is 11.4. The molecule has 0 bridgehead atoms. The Bertz CT molecular complexity index is 641. The van der Waals surface area contributed by atoms with Crippen molar-refractivity contribution in [3.8, 4) is 5.69 Å². The van der Waals surface area contributed by atoms with Gasteiger partial charge in [-0.15, -0.1) is 0 Å². The topological polar surface area (TPSA) is 29.9 Å². The number of nitrogens with zero attached hydrogens (tertiary/aromatic N) is 2. The van der Waals surface area contributed by atoms with Crippen LogP contribution >= 0.6 is 0 Å². The Balaban J connectivity index is 1.85. The smallest absolute Gasteiger partial charge is 0.148 e. The lowest BCUT2D eigenvalue weighted by molar-refractivity contribution is 0.605. The van der Waals surface area contributed by atoms with Crippen LogP contribution in [-0.2, 0) is 6.42 Å². The molecule has 104 valence electrons. The Morgan fingerprint density at radius 2 is 2.00 bits per heavy atom. The predicted octanol–water partition coefficient (Wildman–Crippen LogP) is 3.64. The average Bonchev–Trinajstić information content (AvgIpc) is 3.16. The number of aromatic nitrogens is 2. The van der Waals surface area contributed by atoms with Crippen molar-refractivity contribution in [2.75, 3.05) is 11.9 Å². The molecule has 20 heavy (non-hydrogen) atoms. The van der Waals surface area contributed by atoms with Gasteiger partial charge in [-0.05, 0) is 31.4 Å². The Morgan fingerprint density at radius 3 is 2.80 bits per heavy atom. The summed E-state index contributed by atoms with van der Waals surface area (Å²) >= 11 is 0. The highest BCUT2D eigenvalue weighted by Gasteiger charge is 2.29. The third-order valence-electron chi connectivity index (χ3n) is 4.50. The fourth-order valence-corrected chi connectivity index (χ4v) is 3.53. The van der Waals surface area contributed by atoms with Crippen LogP contribution in [0.5, 0.6) is 0 Å². The summed E-state index contributed by atoms with van der Waals surface area (Å²) in [5.74, 6) is 1.35. The molecule has 0 atom stereocenters. The van der Waals surface area contributed by atoms with E-state index in [0.717, 1.165) is 18.8 Å². The van der Waals surface area contributed by atoms with E-state index in [1.165, 1.54) is 43.0 Å². The normalized spacial score (nSPS) is 18.2. The van der Waals surface area contributed by atoms with Crippen LogP contribution in [0.15, 0.2) is 24.3 Å². The van der Waals surface area contributed by atoms with Crippen molar-refractivity contribution < 1.29 is 4.39 Å². The van der Waals surface area contributed by atoms with E-state index in [0.29, 0.717) is 11.6 Å². The quantitative estimate of drug-likeness (QED) is 0.903. The Hall–Kier alpha value is -1.84. The number of fused-ring (bicyclic) bond motifs is 1. The highest BCUT2D eigenvalue weighted by molar-refractivity contribution is 5.58. The zero-order chi connectivity index (χ0) is 13.5. The highest BCUT2D eigenvalue weighted by Crippen LogP contribution is 2.40. The number of rotatable bonds is 2. The minimum Gasteiger partial charge on any atom is -0.369 e. The second-order valence-electron chi connectivity index (χ2n) is 5.73. The molecule has 1 aliphatic carbocycles. The summed E-state index contributed by atoms with van der Waals surface area (Å²) in [7, 11) is 0. The summed E-state index contributed by atoms with van der Waals surface area (Å²) in [6, 6.07) is 6.86. The van der Waals surface area contributed by atoms with Crippen molar-refractivity contribution in [3.63, 3.8) is 0 Å². The number of halogens is 1. The summed E-state index contributed by atoms with van der Waals surface area (Å²) in [4.78, 5) is 0. The summed E-state index contributed by atoms with van der Waals surface area (Å²) < 4.78 is 15.8. The van der Waals surface area contributed by atoms with E-state index in [4.69, 9.17) is 5.10 Å². The molecule has 1 N–H and O–H groups in total. The summed E-state index contributed by atoms with van der Waals surface area (Å²) in [6.45, 7) is 0.932. The van der Waals surface area contributed by atoms with Crippen molar-refractivity contribution in [2.45, 2.75) is 38.0 Å². The minimum absolute atomic E-state index is 0.218. The molecule has 4 heteroatoms. The van der Waals surface area contributed by atoms with Gasteiger partial charge in [-0.3, -0.25) is 0 Å². The second kappa shape index (κ2) is 4.62. The van der Waals surface area contributed by atoms with Crippen molar-refractivity contribution in [1.82, 2.24) is 9.78 Å². The van der Waals surface area contributed by atoms with E-state index < -0.39 is 0 Å². The lowest BCUT2D eigenvalue weighted by Gasteiger charge is -2.08. The van der Waals surface area contributed by atoms with Crippen molar-refractivity contribution in [1.29, 1.82) is 0 Å². The second-order valence-corrected chi connectivity index (χ2v) is 5.73. The van der Waals surface area contributed by atoms with Crippen LogP contribution < -0.4 is 5.32 Å². The minimum atomic E-state index is -0.218. The Kier molecular flexibility index (Phi) is 2.76. The average molecular weight is 271 g/mol. The Morgan fingerprint density at radius 1 is 1.20 bits per heavy atom. The fourth-order valence-electron chi connectivity index (χ4n) is 3.53. The van der Waals surface area contributed by atoms with Crippen LogP contribution in [0.25, 0.3) is 5.69 Å². The van der Waals surface area contributed by atoms with E-state index in [-0.39, 0.29) is 5.82 Å². The van der Waals surface area contributed by atoms with Gasteiger partial charge in [0.2, 0.25) is 0 Å². The number of hydrogen-bond acceptors (Lipinski definition) is 2. The van der Waals surface area contributed by atoms with Gasteiger partial charge in [0.15, 0.2) is 0 Å². The number of anilines is 1. The largest absolute Gasteiger partial charge is 0.369 e. The highest BCUT2D eigenvalue weighted by atomic mass is 19.1. The van der Waals surface area contributed by atoms with Crippen molar-refractivity contribution in [2.24, 2.45) is 0 Å². The maximum Gasteiger partial charge on any atom is 0.148 e. The first-order chi connectivity index (χ1) is 9.84. The standard InChI is InChI=1S/C16H18FN3/c17-13-7-3-4-8-14(13)20-16-12(9-10-18-16)15(19-20)11-5-1-2-6-11/h3-4,7-8,11,18H,1-2,5-6,9-10H2. The molecule has 0 radical (unpaired) electrons. The SMILES string of the molecule is Fc1ccccc1-n1nc(C2CCCC2)c2c1NCC2. The first-order valence-electron chi connectivity index (χ1n) is 7.45. The zero-order valence-corrected chi connectivity index (χ0v) is 11.4. The van der Waals surface area contributed by atoms with Gasteiger partial charge in [-0.1, -0.05) is 25.0 Å². The molecule has 0 saturated heterocycles.